The van der Waals surface area contributed by atoms with Gasteiger partial charge in [-0.1, -0.05) is 18.2 Å². The summed E-state index contributed by atoms with van der Waals surface area (Å²) < 4.78 is 46.3. The first-order chi connectivity index (χ1) is 15.2. The molecule has 3 aromatic carbocycles. The third-order valence-electron chi connectivity index (χ3n) is 4.65. The number of aryl methyl sites for hydroxylation is 1. The number of nitrogens with one attached hydrogen (secondary N) is 1. The number of hydrogen-bond acceptors (Lipinski definition) is 3. The zero-order valence-electron chi connectivity index (χ0n) is 17.4. The van der Waals surface area contributed by atoms with Gasteiger partial charge in [0.25, 0.3) is 0 Å². The Kier molecular flexibility index (Phi) is 7.14. The van der Waals surface area contributed by atoms with Crippen molar-refractivity contribution in [1.82, 2.24) is 5.32 Å². The summed E-state index contributed by atoms with van der Waals surface area (Å²) in [7, 11) is 1.42. The van der Waals surface area contributed by atoms with Crippen LogP contribution in [0.3, 0.4) is 0 Å². The summed E-state index contributed by atoms with van der Waals surface area (Å²) in [4.78, 5) is 26.7. The molecule has 0 aliphatic rings. The summed E-state index contributed by atoms with van der Waals surface area (Å²) in [5.74, 6) is -2.52. The number of ether oxygens (including phenoxy) is 1. The first-order valence-corrected chi connectivity index (χ1v) is 9.74. The highest BCUT2D eigenvalue weighted by atomic mass is 19.1. The van der Waals surface area contributed by atoms with Crippen molar-refractivity contribution < 1.29 is 27.5 Å². The van der Waals surface area contributed by atoms with Gasteiger partial charge in [0.2, 0.25) is 5.91 Å². The van der Waals surface area contributed by atoms with Gasteiger partial charge in [0, 0.05) is 25.2 Å². The lowest BCUT2D eigenvalue weighted by Crippen LogP contribution is -2.49. The van der Waals surface area contributed by atoms with Gasteiger partial charge >= 0.3 is 6.09 Å². The van der Waals surface area contributed by atoms with Crippen LogP contribution in [0.1, 0.15) is 11.1 Å². The molecule has 1 N–H and O–H groups in total. The fraction of sp³-hybridized carbons (Fsp3) is 0.167. The van der Waals surface area contributed by atoms with Crippen molar-refractivity contribution in [3.63, 3.8) is 0 Å². The largest absolute Gasteiger partial charge is 0.413 e. The van der Waals surface area contributed by atoms with Gasteiger partial charge in [0.1, 0.15) is 29.2 Å². The predicted molar refractivity (Wildman–Crippen MR) is 114 cm³/mol. The van der Waals surface area contributed by atoms with Gasteiger partial charge < -0.3 is 15.0 Å². The normalized spacial score (nSPS) is 11.5. The number of rotatable bonds is 6. The molecule has 166 valence electrons. The van der Waals surface area contributed by atoms with Crippen molar-refractivity contribution in [3.05, 3.63) is 95.3 Å². The molecule has 5 nitrogen and oxygen atoms in total. The summed E-state index contributed by atoms with van der Waals surface area (Å²) in [6.07, 6.45) is -1.13. The van der Waals surface area contributed by atoms with E-state index in [1.807, 2.05) is 0 Å². The Bertz CT molecular complexity index is 1080. The van der Waals surface area contributed by atoms with Crippen molar-refractivity contribution in [2.24, 2.45) is 0 Å². The lowest BCUT2D eigenvalue weighted by Gasteiger charge is -2.25. The van der Waals surface area contributed by atoms with Crippen LogP contribution in [-0.2, 0) is 11.2 Å². The van der Waals surface area contributed by atoms with E-state index in [-0.39, 0.29) is 23.4 Å². The summed E-state index contributed by atoms with van der Waals surface area (Å²) in [6.45, 7) is 1.67. The molecule has 0 aliphatic carbocycles. The second kappa shape index (κ2) is 10.00. The number of likely N-dealkylation sites (N-methyl/N-ethyl adjacent to an activating group) is 1. The predicted octanol–water partition coefficient (Wildman–Crippen LogP) is 4.78. The van der Waals surface area contributed by atoms with Crippen LogP contribution in [0.25, 0.3) is 0 Å². The van der Waals surface area contributed by atoms with Gasteiger partial charge in [-0.2, -0.15) is 0 Å². The minimum atomic E-state index is -1.24. The molecule has 0 fully saturated rings. The maximum absolute atomic E-state index is 13.8. The van der Waals surface area contributed by atoms with Gasteiger partial charge in [-0.05, 0) is 60.5 Å². The number of amides is 2. The molecule has 0 aliphatic heterocycles. The van der Waals surface area contributed by atoms with Crippen LogP contribution in [0.5, 0.6) is 5.75 Å². The van der Waals surface area contributed by atoms with Crippen LogP contribution in [0.15, 0.2) is 66.7 Å². The zero-order valence-corrected chi connectivity index (χ0v) is 17.4. The van der Waals surface area contributed by atoms with E-state index < -0.39 is 35.5 Å². The molecule has 3 rings (SSSR count). The van der Waals surface area contributed by atoms with E-state index in [1.165, 1.54) is 24.1 Å². The number of halogens is 3. The van der Waals surface area contributed by atoms with E-state index in [0.29, 0.717) is 11.6 Å². The number of hydrogen-bond donors (Lipinski definition) is 1. The Morgan fingerprint density at radius 2 is 1.56 bits per heavy atom. The van der Waals surface area contributed by atoms with E-state index in [2.05, 4.69) is 5.32 Å². The summed E-state index contributed by atoms with van der Waals surface area (Å²) in [5, 5.41) is 2.44. The Labute approximate surface area is 183 Å². The fourth-order valence-corrected chi connectivity index (χ4v) is 3.20. The average molecular weight is 442 g/mol. The number of carbonyl (C=O) groups excluding carboxylic acids is 2. The van der Waals surface area contributed by atoms with Crippen molar-refractivity contribution in [3.8, 4) is 5.75 Å². The highest BCUT2D eigenvalue weighted by Crippen LogP contribution is 2.19. The lowest BCUT2D eigenvalue weighted by atomic mass is 10.0. The van der Waals surface area contributed by atoms with Gasteiger partial charge in [-0.3, -0.25) is 4.79 Å². The van der Waals surface area contributed by atoms with Crippen molar-refractivity contribution in [2.45, 2.75) is 19.4 Å². The summed E-state index contributed by atoms with van der Waals surface area (Å²) >= 11 is 0. The SMILES string of the molecule is Cc1cc(F)cc(N(C)C(=O)[C@H](Cc2cc(F)cc(F)c2)NC(=O)Oc2ccccc2)c1. The molecule has 0 heterocycles. The van der Waals surface area contributed by atoms with Crippen molar-refractivity contribution in [1.29, 1.82) is 0 Å². The quantitative estimate of drug-likeness (QED) is 0.598. The molecular formula is C24H21F3N2O3. The highest BCUT2D eigenvalue weighted by molar-refractivity contribution is 5.98. The Balaban J connectivity index is 1.85. The van der Waals surface area contributed by atoms with Gasteiger partial charge in [0.15, 0.2) is 0 Å². The highest BCUT2D eigenvalue weighted by Gasteiger charge is 2.27. The molecule has 0 spiro atoms. The molecular weight excluding hydrogens is 421 g/mol. The average Bonchev–Trinajstić information content (AvgIpc) is 2.71. The second-order valence-electron chi connectivity index (χ2n) is 7.27. The Morgan fingerprint density at radius 1 is 0.938 bits per heavy atom. The molecule has 8 heteroatoms. The Morgan fingerprint density at radius 3 is 2.19 bits per heavy atom. The molecule has 0 unspecified atom stereocenters. The van der Waals surface area contributed by atoms with Gasteiger partial charge in [-0.25, -0.2) is 18.0 Å². The smallest absolute Gasteiger partial charge is 0.410 e. The molecule has 0 saturated carbocycles. The lowest BCUT2D eigenvalue weighted by molar-refractivity contribution is -0.120. The first kappa shape index (κ1) is 22.9. The fourth-order valence-electron chi connectivity index (χ4n) is 3.20. The molecule has 3 aromatic rings. The van der Waals surface area contributed by atoms with Crippen LogP contribution in [0.2, 0.25) is 0 Å². The first-order valence-electron chi connectivity index (χ1n) is 9.74. The monoisotopic (exact) mass is 442 g/mol. The number of anilines is 1. The number of benzene rings is 3. The third-order valence-corrected chi connectivity index (χ3v) is 4.65. The van der Waals surface area contributed by atoms with Crippen LogP contribution in [0.4, 0.5) is 23.7 Å². The summed E-state index contributed by atoms with van der Waals surface area (Å²) in [6, 6.07) is 13.9. The molecule has 2 amide bonds. The Hall–Kier alpha value is -3.81. The standard InChI is InChI=1S/C24H21F3N2O3/c1-15-8-17(25)14-20(9-15)29(2)23(30)22(12-16-10-18(26)13-19(27)11-16)28-24(31)32-21-6-4-3-5-7-21/h3-11,13-14,22H,12H2,1-2H3,(H,28,31)/t22-/m0/s1. The molecule has 0 saturated heterocycles. The maximum Gasteiger partial charge on any atom is 0.413 e. The van der Waals surface area contributed by atoms with Gasteiger partial charge in [0.05, 0.1) is 0 Å². The van der Waals surface area contributed by atoms with Crippen LogP contribution < -0.4 is 15.0 Å². The van der Waals surface area contributed by atoms with Gasteiger partial charge in [-0.15, -0.1) is 0 Å². The number of para-hydroxylation sites is 1. The van der Waals surface area contributed by atoms with Crippen LogP contribution >= 0.6 is 0 Å². The van der Waals surface area contributed by atoms with Crippen LogP contribution in [0, 0.1) is 24.4 Å². The minimum Gasteiger partial charge on any atom is -0.410 e. The molecule has 32 heavy (non-hydrogen) atoms. The maximum atomic E-state index is 13.8. The summed E-state index contributed by atoms with van der Waals surface area (Å²) in [5.41, 5.74) is 1.02. The zero-order chi connectivity index (χ0) is 23.3. The van der Waals surface area contributed by atoms with E-state index in [0.717, 1.165) is 12.1 Å². The topological polar surface area (TPSA) is 58.6 Å². The molecule has 1 atom stereocenters. The molecule has 0 aromatic heterocycles. The molecule has 0 bridgehead atoms. The van der Waals surface area contributed by atoms with Crippen molar-refractivity contribution >= 4 is 17.7 Å². The minimum absolute atomic E-state index is 0.157. The van der Waals surface area contributed by atoms with E-state index in [9.17, 15) is 22.8 Å². The van der Waals surface area contributed by atoms with Crippen LogP contribution in [-0.4, -0.2) is 25.1 Å². The number of nitrogens with zero attached hydrogens (tertiary/aromatic N) is 1. The van der Waals surface area contributed by atoms with E-state index in [1.54, 1.807) is 43.3 Å². The molecule has 0 radical (unpaired) electrons. The number of carbonyl (C=O) groups is 2. The van der Waals surface area contributed by atoms with E-state index in [4.69, 9.17) is 4.74 Å². The third kappa shape index (κ3) is 6.10. The second-order valence-corrected chi connectivity index (χ2v) is 7.27. The van der Waals surface area contributed by atoms with E-state index >= 15 is 0 Å². The van der Waals surface area contributed by atoms with Crippen molar-refractivity contribution in [2.75, 3.05) is 11.9 Å².